The fraction of sp³-hybridized carbons (Fsp3) is 0.458. The predicted octanol–water partition coefficient (Wildman–Crippen LogP) is 1.95. The number of amides is 1. The number of pyridine rings is 1. The highest BCUT2D eigenvalue weighted by Gasteiger charge is 2.32. The molecule has 34 heavy (non-hydrogen) atoms. The molecule has 176 valence electrons. The molecule has 3 aromatic heterocycles. The fourth-order valence-electron chi connectivity index (χ4n) is 5.03. The van der Waals surface area contributed by atoms with Crippen LogP contribution in [0.1, 0.15) is 33.7 Å². The van der Waals surface area contributed by atoms with E-state index in [-0.39, 0.29) is 12.0 Å². The maximum atomic E-state index is 12.7. The Hall–Kier alpha value is -3.53. The van der Waals surface area contributed by atoms with Crippen LogP contribution in [-0.4, -0.2) is 75.2 Å². The molecule has 6 heterocycles. The molecule has 3 aliphatic heterocycles. The number of carbonyl (C=O) groups excluding carboxylic acids is 1. The number of hydrogen-bond acceptors (Lipinski definition) is 8. The third-order valence-corrected chi connectivity index (χ3v) is 7.00. The summed E-state index contributed by atoms with van der Waals surface area (Å²) < 4.78 is 7.31. The van der Waals surface area contributed by atoms with Crippen molar-refractivity contribution < 1.29 is 9.53 Å². The summed E-state index contributed by atoms with van der Waals surface area (Å²) in [5.41, 5.74) is 4.77. The molecule has 0 unspecified atom stereocenters. The number of aryl methyl sites for hydroxylation is 2. The molecule has 0 atom stereocenters. The Morgan fingerprint density at radius 3 is 2.85 bits per heavy atom. The first kappa shape index (κ1) is 21.0. The lowest BCUT2D eigenvalue weighted by molar-refractivity contribution is -0.0195. The number of fused-ring (bicyclic) bond motifs is 2. The number of hydrogen-bond donors (Lipinski definition) is 0. The van der Waals surface area contributed by atoms with Crippen LogP contribution in [-0.2, 0) is 24.2 Å². The summed E-state index contributed by atoms with van der Waals surface area (Å²) >= 11 is 0. The predicted molar refractivity (Wildman–Crippen MR) is 126 cm³/mol. The molecule has 0 bridgehead atoms. The Balaban J connectivity index is 1.21. The number of anilines is 3. The first-order chi connectivity index (χ1) is 16.6. The zero-order valence-corrected chi connectivity index (χ0v) is 19.5. The van der Waals surface area contributed by atoms with Gasteiger partial charge in [0, 0.05) is 64.6 Å². The number of nitrogens with zero attached hydrogens (tertiary/aromatic N) is 8. The second kappa shape index (κ2) is 8.35. The van der Waals surface area contributed by atoms with E-state index in [0.29, 0.717) is 25.3 Å². The summed E-state index contributed by atoms with van der Waals surface area (Å²) in [6, 6.07) is 6.15. The third-order valence-electron chi connectivity index (χ3n) is 7.00. The number of ether oxygens (including phenoxy) is 1. The van der Waals surface area contributed by atoms with E-state index in [1.54, 1.807) is 12.0 Å². The van der Waals surface area contributed by atoms with Gasteiger partial charge in [-0.2, -0.15) is 5.10 Å². The Kier molecular flexibility index (Phi) is 5.17. The summed E-state index contributed by atoms with van der Waals surface area (Å²) in [5.74, 6) is 1.85. The van der Waals surface area contributed by atoms with E-state index in [4.69, 9.17) is 9.72 Å². The van der Waals surface area contributed by atoms with Gasteiger partial charge in [0.15, 0.2) is 11.5 Å². The SMILES string of the molecule is COC1CN(C(=O)c2cc(C)c(N3CCc4ncc(N5CCCn6nccc65)cc4C3)nn2)C1. The molecule has 10 heteroatoms. The van der Waals surface area contributed by atoms with Gasteiger partial charge in [0.25, 0.3) is 5.91 Å². The van der Waals surface area contributed by atoms with Crippen LogP contribution in [0.5, 0.6) is 0 Å². The van der Waals surface area contributed by atoms with Crippen molar-refractivity contribution in [2.75, 3.05) is 43.1 Å². The topological polar surface area (TPSA) is 92.5 Å². The van der Waals surface area contributed by atoms with E-state index < -0.39 is 0 Å². The maximum absolute atomic E-state index is 12.7. The molecule has 6 rings (SSSR count). The van der Waals surface area contributed by atoms with Crippen LogP contribution in [0.2, 0.25) is 0 Å². The van der Waals surface area contributed by atoms with E-state index >= 15 is 0 Å². The highest BCUT2D eigenvalue weighted by Crippen LogP contribution is 2.32. The molecule has 1 fully saturated rings. The molecular formula is C24H28N8O2. The van der Waals surface area contributed by atoms with Crippen molar-refractivity contribution in [1.82, 2.24) is 29.9 Å². The van der Waals surface area contributed by atoms with Gasteiger partial charge in [0.2, 0.25) is 0 Å². The first-order valence-electron chi connectivity index (χ1n) is 11.8. The van der Waals surface area contributed by atoms with E-state index in [2.05, 4.69) is 37.2 Å². The van der Waals surface area contributed by atoms with Gasteiger partial charge in [-0.25, -0.2) is 4.68 Å². The normalized spacial score (nSPS) is 17.9. The Morgan fingerprint density at radius 1 is 1.15 bits per heavy atom. The van der Waals surface area contributed by atoms with Crippen molar-refractivity contribution in [3.05, 3.63) is 53.1 Å². The van der Waals surface area contributed by atoms with Gasteiger partial charge >= 0.3 is 0 Å². The number of carbonyl (C=O) groups is 1. The van der Waals surface area contributed by atoms with Crippen molar-refractivity contribution in [1.29, 1.82) is 0 Å². The van der Waals surface area contributed by atoms with Gasteiger partial charge in [0.05, 0.1) is 24.2 Å². The Morgan fingerprint density at radius 2 is 2.03 bits per heavy atom. The van der Waals surface area contributed by atoms with Crippen LogP contribution < -0.4 is 9.80 Å². The van der Waals surface area contributed by atoms with Crippen LogP contribution in [0.4, 0.5) is 17.3 Å². The Bertz CT molecular complexity index is 1240. The van der Waals surface area contributed by atoms with Gasteiger partial charge in [-0.05, 0) is 36.6 Å². The van der Waals surface area contributed by atoms with Gasteiger partial charge in [-0.15, -0.1) is 10.2 Å². The van der Waals surface area contributed by atoms with E-state index in [0.717, 1.165) is 61.1 Å². The second-order valence-corrected chi connectivity index (χ2v) is 9.19. The van der Waals surface area contributed by atoms with Gasteiger partial charge < -0.3 is 19.4 Å². The maximum Gasteiger partial charge on any atom is 0.274 e. The zero-order valence-electron chi connectivity index (χ0n) is 19.5. The molecular weight excluding hydrogens is 432 g/mol. The third kappa shape index (κ3) is 3.58. The van der Waals surface area contributed by atoms with Crippen molar-refractivity contribution in [2.45, 2.75) is 39.0 Å². The van der Waals surface area contributed by atoms with E-state index in [1.165, 1.54) is 5.56 Å². The number of aromatic nitrogens is 5. The van der Waals surface area contributed by atoms with Crippen LogP contribution in [0.25, 0.3) is 0 Å². The first-order valence-corrected chi connectivity index (χ1v) is 11.8. The molecule has 0 N–H and O–H groups in total. The van der Waals surface area contributed by atoms with Crippen molar-refractivity contribution in [3.8, 4) is 0 Å². The van der Waals surface area contributed by atoms with Gasteiger partial charge in [-0.1, -0.05) is 0 Å². The molecule has 3 aliphatic rings. The number of likely N-dealkylation sites (tertiary alicyclic amines) is 1. The van der Waals surface area contributed by atoms with Crippen molar-refractivity contribution in [2.24, 2.45) is 0 Å². The quantitative estimate of drug-likeness (QED) is 0.583. The van der Waals surface area contributed by atoms with Crippen LogP contribution in [0, 0.1) is 6.92 Å². The highest BCUT2D eigenvalue weighted by molar-refractivity contribution is 5.93. The molecule has 0 saturated carbocycles. The average molecular weight is 461 g/mol. The molecule has 0 spiro atoms. The van der Waals surface area contributed by atoms with Crippen LogP contribution >= 0.6 is 0 Å². The highest BCUT2D eigenvalue weighted by atomic mass is 16.5. The molecule has 3 aromatic rings. The number of rotatable bonds is 4. The van der Waals surface area contributed by atoms with Crippen LogP contribution in [0.3, 0.4) is 0 Å². The summed E-state index contributed by atoms with van der Waals surface area (Å²) in [7, 11) is 1.67. The molecule has 1 saturated heterocycles. The smallest absolute Gasteiger partial charge is 0.274 e. The minimum atomic E-state index is -0.0888. The average Bonchev–Trinajstić information content (AvgIpc) is 3.32. The molecule has 0 radical (unpaired) electrons. The van der Waals surface area contributed by atoms with E-state index in [9.17, 15) is 4.79 Å². The monoisotopic (exact) mass is 460 g/mol. The van der Waals surface area contributed by atoms with Crippen molar-refractivity contribution in [3.63, 3.8) is 0 Å². The van der Waals surface area contributed by atoms with Gasteiger partial charge in [0.1, 0.15) is 5.82 Å². The van der Waals surface area contributed by atoms with Gasteiger partial charge in [-0.3, -0.25) is 9.78 Å². The standard InChI is InChI=1S/C24H28N8O2/c1-16-10-21(24(33)30-14-19(15-30)34-2)27-28-23(16)29-9-5-20-17(13-29)11-18(12-25-20)31-7-3-8-32-22(31)4-6-26-32/h4,6,10-12,19H,3,5,7-9,13-15H2,1-2H3. The largest absolute Gasteiger partial charge is 0.378 e. The zero-order chi connectivity index (χ0) is 23.2. The molecule has 10 nitrogen and oxygen atoms in total. The fourth-order valence-corrected chi connectivity index (χ4v) is 5.03. The Labute approximate surface area is 198 Å². The lowest BCUT2D eigenvalue weighted by Gasteiger charge is -2.37. The minimum Gasteiger partial charge on any atom is -0.378 e. The molecule has 0 aromatic carbocycles. The van der Waals surface area contributed by atoms with Crippen molar-refractivity contribution >= 4 is 23.2 Å². The lowest BCUT2D eigenvalue weighted by atomic mass is 10.0. The molecule has 1 amide bonds. The summed E-state index contributed by atoms with van der Waals surface area (Å²) in [6.07, 6.45) is 5.86. The lowest BCUT2D eigenvalue weighted by Crippen LogP contribution is -2.54. The number of methoxy groups -OCH3 is 1. The summed E-state index contributed by atoms with van der Waals surface area (Å²) in [5, 5.41) is 13.2. The second-order valence-electron chi connectivity index (χ2n) is 9.19. The molecule has 0 aliphatic carbocycles. The minimum absolute atomic E-state index is 0.0888. The summed E-state index contributed by atoms with van der Waals surface area (Å²) in [4.78, 5) is 23.7. The van der Waals surface area contributed by atoms with E-state index in [1.807, 2.05) is 30.1 Å². The van der Waals surface area contributed by atoms with Crippen LogP contribution in [0.15, 0.2) is 30.6 Å². The summed E-state index contributed by atoms with van der Waals surface area (Å²) in [6.45, 7) is 6.65.